The van der Waals surface area contributed by atoms with E-state index in [1.165, 1.54) is 31.2 Å². The Morgan fingerprint density at radius 1 is 1.25 bits per heavy atom. The lowest BCUT2D eigenvalue weighted by Gasteiger charge is -2.18. The SMILES string of the molecule is C[C@@H](OC(=O)c1cc([N+](=O)[O-])ccc1N(C)C)C(=O)Nc1ccc(Cl)cc1F. The van der Waals surface area contributed by atoms with Crippen molar-refractivity contribution in [2.24, 2.45) is 0 Å². The standard InChI is InChI=1S/C18H17ClFN3O5/c1-10(17(24)21-15-6-4-11(19)8-14(15)20)28-18(25)13-9-12(23(26)27)5-7-16(13)22(2)3/h4-10H,1-3H3,(H,21,24)/t10-/m1/s1. The molecule has 1 N–H and O–H groups in total. The third-order valence-corrected chi connectivity index (χ3v) is 3.97. The fraction of sp³-hybridized carbons (Fsp3) is 0.222. The monoisotopic (exact) mass is 409 g/mol. The number of nitro benzene ring substituents is 1. The second kappa shape index (κ2) is 8.66. The molecule has 0 aliphatic rings. The molecule has 0 aromatic heterocycles. The Morgan fingerprint density at radius 3 is 2.50 bits per heavy atom. The van der Waals surface area contributed by atoms with Crippen molar-refractivity contribution in [1.29, 1.82) is 0 Å². The quantitative estimate of drug-likeness (QED) is 0.444. The highest BCUT2D eigenvalue weighted by Gasteiger charge is 2.24. The number of nitrogens with one attached hydrogen (secondary N) is 1. The molecular formula is C18H17ClFN3O5. The van der Waals surface area contributed by atoms with Crippen molar-refractivity contribution >= 4 is 40.5 Å². The number of amides is 1. The second-order valence-corrected chi connectivity index (χ2v) is 6.45. The van der Waals surface area contributed by atoms with Gasteiger partial charge in [0.25, 0.3) is 11.6 Å². The number of ether oxygens (including phenoxy) is 1. The maximum Gasteiger partial charge on any atom is 0.341 e. The van der Waals surface area contributed by atoms with Gasteiger partial charge in [0, 0.05) is 31.3 Å². The average molecular weight is 410 g/mol. The summed E-state index contributed by atoms with van der Waals surface area (Å²) >= 11 is 5.65. The summed E-state index contributed by atoms with van der Waals surface area (Å²) in [5.41, 5.74) is -0.108. The van der Waals surface area contributed by atoms with E-state index < -0.39 is 28.7 Å². The Bertz CT molecular complexity index is 935. The van der Waals surface area contributed by atoms with Crippen molar-refractivity contribution in [3.05, 3.63) is 62.9 Å². The van der Waals surface area contributed by atoms with Gasteiger partial charge < -0.3 is 15.0 Å². The summed E-state index contributed by atoms with van der Waals surface area (Å²) in [5.74, 6) is -2.44. The van der Waals surface area contributed by atoms with Gasteiger partial charge in [-0.15, -0.1) is 0 Å². The lowest BCUT2D eigenvalue weighted by atomic mass is 10.1. The normalized spacial score (nSPS) is 11.5. The fourth-order valence-corrected chi connectivity index (χ4v) is 2.45. The fourth-order valence-electron chi connectivity index (χ4n) is 2.29. The van der Waals surface area contributed by atoms with Crippen LogP contribution in [0.5, 0.6) is 0 Å². The van der Waals surface area contributed by atoms with Gasteiger partial charge in [-0.05, 0) is 31.2 Å². The van der Waals surface area contributed by atoms with Crippen LogP contribution in [0.1, 0.15) is 17.3 Å². The summed E-state index contributed by atoms with van der Waals surface area (Å²) in [4.78, 5) is 36.6. The van der Waals surface area contributed by atoms with Crippen molar-refractivity contribution in [1.82, 2.24) is 0 Å². The number of carbonyl (C=O) groups excluding carboxylic acids is 2. The van der Waals surface area contributed by atoms with Crippen LogP contribution in [-0.2, 0) is 9.53 Å². The van der Waals surface area contributed by atoms with Crippen LogP contribution in [0.15, 0.2) is 36.4 Å². The number of esters is 1. The molecule has 2 rings (SSSR count). The Morgan fingerprint density at radius 2 is 1.93 bits per heavy atom. The van der Waals surface area contributed by atoms with Gasteiger partial charge in [-0.3, -0.25) is 14.9 Å². The highest BCUT2D eigenvalue weighted by molar-refractivity contribution is 6.30. The number of benzene rings is 2. The van der Waals surface area contributed by atoms with Gasteiger partial charge >= 0.3 is 5.97 Å². The summed E-state index contributed by atoms with van der Waals surface area (Å²) in [5, 5.41) is 13.4. The molecule has 2 aromatic rings. The first-order chi connectivity index (χ1) is 13.1. The molecule has 28 heavy (non-hydrogen) atoms. The van der Waals surface area contributed by atoms with E-state index >= 15 is 0 Å². The van der Waals surface area contributed by atoms with E-state index in [0.29, 0.717) is 5.69 Å². The summed E-state index contributed by atoms with van der Waals surface area (Å²) < 4.78 is 18.9. The molecule has 1 atom stereocenters. The molecule has 0 fully saturated rings. The van der Waals surface area contributed by atoms with Gasteiger partial charge in [0.15, 0.2) is 6.10 Å². The predicted octanol–water partition coefficient (Wildman–Crippen LogP) is 3.64. The number of rotatable bonds is 6. The third kappa shape index (κ3) is 4.95. The van der Waals surface area contributed by atoms with Crippen molar-refractivity contribution in [3.63, 3.8) is 0 Å². The Hall–Kier alpha value is -3.20. The van der Waals surface area contributed by atoms with E-state index in [2.05, 4.69) is 5.32 Å². The molecule has 148 valence electrons. The van der Waals surface area contributed by atoms with E-state index in [1.54, 1.807) is 19.0 Å². The van der Waals surface area contributed by atoms with Crippen LogP contribution in [0.3, 0.4) is 0 Å². The van der Waals surface area contributed by atoms with E-state index in [0.717, 1.165) is 12.1 Å². The van der Waals surface area contributed by atoms with Gasteiger partial charge in [0.2, 0.25) is 0 Å². The first kappa shape index (κ1) is 21.1. The first-order valence-corrected chi connectivity index (χ1v) is 8.40. The van der Waals surface area contributed by atoms with Gasteiger partial charge in [-0.1, -0.05) is 11.6 Å². The summed E-state index contributed by atoms with van der Waals surface area (Å²) in [7, 11) is 3.30. The molecular weight excluding hydrogens is 393 g/mol. The molecule has 0 saturated heterocycles. The van der Waals surface area contributed by atoms with E-state index in [1.807, 2.05) is 0 Å². The number of anilines is 2. The van der Waals surface area contributed by atoms with Gasteiger partial charge in [-0.25, -0.2) is 9.18 Å². The lowest BCUT2D eigenvalue weighted by Crippen LogP contribution is -2.30. The van der Waals surface area contributed by atoms with Crippen LogP contribution in [-0.4, -0.2) is 37.0 Å². The number of nitrogens with zero attached hydrogens (tertiary/aromatic N) is 2. The minimum Gasteiger partial charge on any atom is -0.449 e. The maximum absolute atomic E-state index is 13.8. The molecule has 1 amide bonds. The minimum atomic E-state index is -1.28. The molecule has 2 aromatic carbocycles. The van der Waals surface area contributed by atoms with E-state index in [9.17, 15) is 24.1 Å². The van der Waals surface area contributed by atoms with Gasteiger partial charge in [-0.2, -0.15) is 0 Å². The molecule has 0 heterocycles. The topological polar surface area (TPSA) is 102 Å². The molecule has 0 bridgehead atoms. The molecule has 0 aliphatic carbocycles. The predicted molar refractivity (Wildman–Crippen MR) is 102 cm³/mol. The Kier molecular flexibility index (Phi) is 6.53. The van der Waals surface area contributed by atoms with Crippen molar-refractivity contribution < 1.29 is 23.6 Å². The number of hydrogen-bond donors (Lipinski definition) is 1. The summed E-state index contributed by atoms with van der Waals surface area (Å²) in [6, 6.07) is 7.42. The van der Waals surface area contributed by atoms with Crippen LogP contribution >= 0.6 is 11.6 Å². The van der Waals surface area contributed by atoms with Crippen molar-refractivity contribution in [2.45, 2.75) is 13.0 Å². The third-order valence-electron chi connectivity index (χ3n) is 3.73. The zero-order chi connectivity index (χ0) is 21.0. The minimum absolute atomic E-state index is 0.0727. The van der Waals surface area contributed by atoms with Gasteiger partial charge in [0.1, 0.15) is 5.82 Å². The molecule has 0 spiro atoms. The van der Waals surface area contributed by atoms with Crippen molar-refractivity contribution in [2.75, 3.05) is 24.3 Å². The van der Waals surface area contributed by atoms with Crippen LogP contribution in [0.2, 0.25) is 5.02 Å². The number of non-ortho nitro benzene ring substituents is 1. The summed E-state index contributed by atoms with van der Waals surface area (Å²) in [6.07, 6.45) is -1.28. The first-order valence-electron chi connectivity index (χ1n) is 8.02. The van der Waals surface area contributed by atoms with Gasteiger partial charge in [0.05, 0.1) is 21.9 Å². The Labute approximate surface area is 165 Å². The number of nitro groups is 1. The van der Waals surface area contributed by atoms with E-state index in [-0.39, 0.29) is 22.0 Å². The maximum atomic E-state index is 13.8. The lowest BCUT2D eigenvalue weighted by molar-refractivity contribution is -0.384. The molecule has 0 aliphatic heterocycles. The largest absolute Gasteiger partial charge is 0.449 e. The highest BCUT2D eigenvalue weighted by atomic mass is 35.5. The molecule has 8 nitrogen and oxygen atoms in total. The van der Waals surface area contributed by atoms with Crippen LogP contribution in [0, 0.1) is 15.9 Å². The molecule has 10 heteroatoms. The van der Waals surface area contributed by atoms with Crippen LogP contribution < -0.4 is 10.2 Å². The van der Waals surface area contributed by atoms with Crippen LogP contribution in [0.25, 0.3) is 0 Å². The Balaban J connectivity index is 2.18. The molecule has 0 unspecified atom stereocenters. The van der Waals surface area contributed by atoms with Crippen molar-refractivity contribution in [3.8, 4) is 0 Å². The highest BCUT2D eigenvalue weighted by Crippen LogP contribution is 2.25. The second-order valence-electron chi connectivity index (χ2n) is 6.01. The van der Waals surface area contributed by atoms with Crippen LogP contribution in [0.4, 0.5) is 21.5 Å². The molecule has 0 saturated carbocycles. The summed E-state index contributed by atoms with van der Waals surface area (Å²) in [6.45, 7) is 1.30. The van der Waals surface area contributed by atoms with E-state index in [4.69, 9.17) is 16.3 Å². The smallest absolute Gasteiger partial charge is 0.341 e. The number of carbonyl (C=O) groups is 2. The number of hydrogen-bond acceptors (Lipinski definition) is 6. The average Bonchev–Trinajstić information content (AvgIpc) is 2.63. The number of halogens is 2. The molecule has 0 radical (unpaired) electrons. The zero-order valence-corrected chi connectivity index (χ0v) is 16.0. The zero-order valence-electron chi connectivity index (χ0n) is 15.2.